The highest BCUT2D eigenvalue weighted by atomic mass is 35.5. The van der Waals surface area contributed by atoms with Gasteiger partial charge in [-0.2, -0.15) is 0 Å². The zero-order valence-electron chi connectivity index (χ0n) is 15.1. The number of hydrogen-bond donors (Lipinski definition) is 1. The van der Waals surface area contributed by atoms with Gasteiger partial charge in [-0.3, -0.25) is 4.72 Å². The molecule has 1 aromatic heterocycles. The second-order valence-electron chi connectivity index (χ2n) is 5.96. The van der Waals surface area contributed by atoms with Crippen LogP contribution in [0.25, 0.3) is 11.3 Å². The second-order valence-corrected chi connectivity index (χ2v) is 8.02. The van der Waals surface area contributed by atoms with Crippen molar-refractivity contribution in [3.8, 4) is 17.1 Å². The van der Waals surface area contributed by atoms with Crippen molar-refractivity contribution in [2.45, 2.75) is 25.2 Å². The molecule has 0 saturated carbocycles. The molecule has 0 fully saturated rings. The zero-order valence-corrected chi connectivity index (χ0v) is 16.7. The van der Waals surface area contributed by atoms with Gasteiger partial charge in [0.05, 0.1) is 28.4 Å². The van der Waals surface area contributed by atoms with Crippen LogP contribution in [0.4, 0.5) is 5.69 Å². The summed E-state index contributed by atoms with van der Waals surface area (Å²) in [4.78, 5) is 0.184. The summed E-state index contributed by atoms with van der Waals surface area (Å²) in [7, 11) is -2.33. The number of ether oxygens (including phenoxy) is 1. The monoisotopic (exact) mass is 406 g/mol. The first-order chi connectivity index (χ1) is 12.8. The summed E-state index contributed by atoms with van der Waals surface area (Å²) in [5.41, 5.74) is 2.41. The molecule has 0 aliphatic heterocycles. The van der Waals surface area contributed by atoms with Crippen molar-refractivity contribution >= 4 is 27.3 Å². The van der Waals surface area contributed by atoms with E-state index in [1.807, 2.05) is 13.0 Å². The number of hydrogen-bond acceptors (Lipinski definition) is 5. The van der Waals surface area contributed by atoms with Crippen molar-refractivity contribution in [3.63, 3.8) is 0 Å². The molecule has 0 amide bonds. The Morgan fingerprint density at radius 3 is 2.56 bits per heavy atom. The van der Waals surface area contributed by atoms with Crippen LogP contribution in [0.2, 0.25) is 5.02 Å². The van der Waals surface area contributed by atoms with E-state index in [4.69, 9.17) is 20.9 Å². The molecular weight excluding hydrogens is 388 g/mol. The van der Waals surface area contributed by atoms with E-state index in [0.29, 0.717) is 39.8 Å². The van der Waals surface area contributed by atoms with E-state index in [-0.39, 0.29) is 4.90 Å². The molecule has 0 aliphatic carbocycles. The van der Waals surface area contributed by atoms with Crippen LogP contribution in [-0.4, -0.2) is 20.7 Å². The minimum Gasteiger partial charge on any atom is -0.495 e. The Bertz CT molecular complexity index is 1080. The van der Waals surface area contributed by atoms with Crippen LogP contribution in [0.15, 0.2) is 51.9 Å². The van der Waals surface area contributed by atoms with Crippen LogP contribution < -0.4 is 9.46 Å². The average molecular weight is 407 g/mol. The van der Waals surface area contributed by atoms with Gasteiger partial charge in [-0.1, -0.05) is 35.8 Å². The molecular formula is C19H19ClN2O4S. The Hall–Kier alpha value is -2.51. The number of anilines is 1. The molecule has 2 aromatic carbocycles. The minimum atomic E-state index is -3.83. The SMILES string of the molecule is CCc1ccc(-c2cc(C)no2)cc1S(=O)(=O)Nc1ccc(OC)c(Cl)c1. The summed E-state index contributed by atoms with van der Waals surface area (Å²) in [5.74, 6) is 0.982. The predicted molar refractivity (Wildman–Crippen MR) is 105 cm³/mol. The van der Waals surface area contributed by atoms with Crippen molar-refractivity contribution in [3.05, 3.63) is 58.7 Å². The highest BCUT2D eigenvalue weighted by Crippen LogP contribution is 2.30. The van der Waals surface area contributed by atoms with E-state index in [0.717, 1.165) is 5.69 Å². The predicted octanol–water partition coefficient (Wildman–Crippen LogP) is 4.68. The topological polar surface area (TPSA) is 81.4 Å². The molecule has 0 atom stereocenters. The minimum absolute atomic E-state index is 0.184. The van der Waals surface area contributed by atoms with Crippen LogP contribution >= 0.6 is 11.6 Å². The van der Waals surface area contributed by atoms with Gasteiger partial charge in [-0.05, 0) is 43.2 Å². The Labute approximate surface area is 163 Å². The van der Waals surface area contributed by atoms with Crippen molar-refractivity contribution in [2.75, 3.05) is 11.8 Å². The first kappa shape index (κ1) is 19.3. The maximum atomic E-state index is 13.0. The molecule has 8 heteroatoms. The molecule has 3 aromatic rings. The summed E-state index contributed by atoms with van der Waals surface area (Å²) < 4.78 is 38.9. The third kappa shape index (κ3) is 4.09. The van der Waals surface area contributed by atoms with Gasteiger partial charge in [0.25, 0.3) is 10.0 Å². The van der Waals surface area contributed by atoms with Crippen LogP contribution in [0.5, 0.6) is 5.75 Å². The second kappa shape index (κ2) is 7.62. The maximum absolute atomic E-state index is 13.0. The average Bonchev–Trinajstić information content (AvgIpc) is 3.07. The number of benzene rings is 2. The molecule has 142 valence electrons. The van der Waals surface area contributed by atoms with E-state index in [2.05, 4.69) is 9.88 Å². The number of methoxy groups -OCH3 is 1. The smallest absolute Gasteiger partial charge is 0.262 e. The third-order valence-corrected chi connectivity index (χ3v) is 5.81. The van der Waals surface area contributed by atoms with Crippen LogP contribution in [0, 0.1) is 6.92 Å². The first-order valence-corrected chi connectivity index (χ1v) is 10.1. The molecule has 3 rings (SSSR count). The van der Waals surface area contributed by atoms with Gasteiger partial charge in [0.15, 0.2) is 5.76 Å². The number of nitrogens with one attached hydrogen (secondary N) is 1. The molecule has 27 heavy (non-hydrogen) atoms. The highest BCUT2D eigenvalue weighted by molar-refractivity contribution is 7.92. The molecule has 0 bridgehead atoms. The zero-order chi connectivity index (χ0) is 19.6. The standard InChI is InChI=1S/C19H19ClN2O4S/c1-4-13-5-6-14(18-9-12(2)21-26-18)10-19(13)27(23,24)22-15-7-8-17(25-3)16(20)11-15/h5-11,22H,4H2,1-3H3. The molecule has 0 radical (unpaired) electrons. The molecule has 0 spiro atoms. The van der Waals surface area contributed by atoms with Gasteiger partial charge in [0.1, 0.15) is 5.75 Å². The van der Waals surface area contributed by atoms with Crippen molar-refractivity contribution in [1.29, 1.82) is 0 Å². The fourth-order valence-corrected chi connectivity index (χ4v) is 4.33. The largest absolute Gasteiger partial charge is 0.495 e. The van der Waals surface area contributed by atoms with Crippen molar-refractivity contribution < 1.29 is 17.7 Å². The lowest BCUT2D eigenvalue weighted by molar-refractivity contribution is 0.415. The number of halogens is 1. The van der Waals surface area contributed by atoms with Gasteiger partial charge in [-0.25, -0.2) is 8.42 Å². The molecule has 6 nitrogen and oxygen atoms in total. The van der Waals surface area contributed by atoms with E-state index < -0.39 is 10.0 Å². The summed E-state index contributed by atoms with van der Waals surface area (Å²) in [6.07, 6.45) is 0.565. The van der Waals surface area contributed by atoms with Gasteiger partial charge < -0.3 is 9.26 Å². The summed E-state index contributed by atoms with van der Waals surface area (Å²) in [5, 5.41) is 4.17. The summed E-state index contributed by atoms with van der Waals surface area (Å²) in [6.45, 7) is 3.71. The normalized spacial score (nSPS) is 11.4. The van der Waals surface area contributed by atoms with E-state index in [1.54, 1.807) is 37.3 Å². The van der Waals surface area contributed by atoms with Crippen LogP contribution in [0.1, 0.15) is 18.2 Å². The number of sulfonamides is 1. The van der Waals surface area contributed by atoms with Gasteiger partial charge in [0, 0.05) is 11.6 Å². The van der Waals surface area contributed by atoms with E-state index in [9.17, 15) is 8.42 Å². The molecule has 0 saturated heterocycles. The Morgan fingerprint density at radius 1 is 1.19 bits per heavy atom. The van der Waals surface area contributed by atoms with Gasteiger partial charge in [0.2, 0.25) is 0 Å². The number of aryl methyl sites for hydroxylation is 2. The molecule has 1 heterocycles. The van der Waals surface area contributed by atoms with Crippen LogP contribution in [-0.2, 0) is 16.4 Å². The lowest BCUT2D eigenvalue weighted by Crippen LogP contribution is -2.15. The lowest BCUT2D eigenvalue weighted by atomic mass is 10.1. The van der Waals surface area contributed by atoms with Crippen LogP contribution in [0.3, 0.4) is 0 Å². The Kier molecular flexibility index (Phi) is 5.43. The number of rotatable bonds is 6. The maximum Gasteiger partial charge on any atom is 0.262 e. The highest BCUT2D eigenvalue weighted by Gasteiger charge is 2.20. The first-order valence-electron chi connectivity index (χ1n) is 8.27. The van der Waals surface area contributed by atoms with Gasteiger partial charge >= 0.3 is 0 Å². The van der Waals surface area contributed by atoms with E-state index >= 15 is 0 Å². The molecule has 0 unspecified atom stereocenters. The Balaban J connectivity index is 2.01. The molecule has 0 aliphatic rings. The number of nitrogens with zero attached hydrogens (tertiary/aromatic N) is 1. The van der Waals surface area contributed by atoms with Crippen molar-refractivity contribution in [1.82, 2.24) is 5.16 Å². The third-order valence-electron chi connectivity index (χ3n) is 4.05. The lowest BCUT2D eigenvalue weighted by Gasteiger charge is -2.13. The number of aromatic nitrogens is 1. The quantitative estimate of drug-likeness (QED) is 0.643. The molecule has 1 N–H and O–H groups in total. The fourth-order valence-electron chi connectivity index (χ4n) is 2.69. The Morgan fingerprint density at radius 2 is 1.96 bits per heavy atom. The van der Waals surface area contributed by atoms with E-state index in [1.165, 1.54) is 13.2 Å². The summed E-state index contributed by atoms with van der Waals surface area (Å²) >= 11 is 6.09. The fraction of sp³-hybridized carbons (Fsp3) is 0.211. The van der Waals surface area contributed by atoms with Crippen molar-refractivity contribution in [2.24, 2.45) is 0 Å². The van der Waals surface area contributed by atoms with Gasteiger partial charge in [-0.15, -0.1) is 0 Å². The summed E-state index contributed by atoms with van der Waals surface area (Å²) in [6, 6.07) is 11.7.